The van der Waals surface area contributed by atoms with E-state index in [1.54, 1.807) is 12.1 Å². The number of nitrogens with one attached hydrogen (secondary N) is 2. The van der Waals surface area contributed by atoms with Crippen LogP contribution in [-0.2, 0) is 4.79 Å². The standard InChI is InChI=1S/C13H13FN2O/c14-10-3-1-2-9-11(13(17)16-12(9)10)8-4-6-15-7-5-8/h1-3,15H,4-7H2,(H,16,17). The lowest BCUT2D eigenvalue weighted by molar-refractivity contribution is -0.110. The minimum atomic E-state index is -0.361. The number of anilines is 1. The Morgan fingerprint density at radius 3 is 2.71 bits per heavy atom. The summed E-state index contributed by atoms with van der Waals surface area (Å²) >= 11 is 0. The van der Waals surface area contributed by atoms with E-state index in [0.717, 1.165) is 31.5 Å². The minimum Gasteiger partial charge on any atom is -0.319 e. The van der Waals surface area contributed by atoms with Crippen LogP contribution in [0.15, 0.2) is 23.8 Å². The summed E-state index contributed by atoms with van der Waals surface area (Å²) in [5.74, 6) is -0.526. The molecule has 2 aliphatic heterocycles. The van der Waals surface area contributed by atoms with Gasteiger partial charge in [0.2, 0.25) is 0 Å². The minimum absolute atomic E-state index is 0.165. The lowest BCUT2D eigenvalue weighted by Crippen LogP contribution is -2.24. The maximum Gasteiger partial charge on any atom is 0.256 e. The van der Waals surface area contributed by atoms with Gasteiger partial charge in [-0.05, 0) is 32.0 Å². The molecule has 1 fully saturated rings. The Balaban J connectivity index is 2.13. The van der Waals surface area contributed by atoms with Crippen LogP contribution in [0.2, 0.25) is 0 Å². The predicted octanol–water partition coefficient (Wildman–Crippen LogP) is 1.91. The molecule has 4 heteroatoms. The summed E-state index contributed by atoms with van der Waals surface area (Å²) in [4.78, 5) is 11.9. The molecule has 0 aliphatic carbocycles. The van der Waals surface area contributed by atoms with Gasteiger partial charge in [-0.15, -0.1) is 0 Å². The molecule has 1 aromatic carbocycles. The van der Waals surface area contributed by atoms with Crippen molar-refractivity contribution in [3.8, 4) is 0 Å². The average Bonchev–Trinajstić information content (AvgIpc) is 2.68. The van der Waals surface area contributed by atoms with Crippen molar-refractivity contribution in [1.82, 2.24) is 5.32 Å². The van der Waals surface area contributed by atoms with Gasteiger partial charge in [-0.3, -0.25) is 4.79 Å². The first-order valence-electron chi connectivity index (χ1n) is 5.80. The molecule has 3 rings (SSSR count). The first kappa shape index (κ1) is 10.5. The molecule has 2 heterocycles. The largest absolute Gasteiger partial charge is 0.319 e. The maximum absolute atomic E-state index is 13.6. The van der Waals surface area contributed by atoms with Crippen LogP contribution in [-0.4, -0.2) is 19.0 Å². The van der Waals surface area contributed by atoms with Crippen LogP contribution in [0.25, 0.3) is 5.57 Å². The van der Waals surface area contributed by atoms with Crippen molar-refractivity contribution in [2.24, 2.45) is 0 Å². The Bertz CT molecular complexity index is 514. The van der Waals surface area contributed by atoms with Crippen LogP contribution in [0.5, 0.6) is 0 Å². The number of piperidine rings is 1. The third-order valence-electron chi connectivity index (χ3n) is 3.31. The number of amides is 1. The highest BCUT2D eigenvalue weighted by Gasteiger charge is 2.29. The van der Waals surface area contributed by atoms with Crippen LogP contribution < -0.4 is 10.6 Å². The van der Waals surface area contributed by atoms with Gasteiger partial charge in [0.25, 0.3) is 5.91 Å². The lowest BCUT2D eigenvalue weighted by atomic mass is 9.94. The van der Waals surface area contributed by atoms with Crippen molar-refractivity contribution in [3.05, 3.63) is 35.2 Å². The van der Waals surface area contributed by atoms with Gasteiger partial charge in [-0.25, -0.2) is 4.39 Å². The predicted molar refractivity (Wildman–Crippen MR) is 64.1 cm³/mol. The Labute approximate surface area is 98.7 Å². The Morgan fingerprint density at radius 1 is 1.18 bits per heavy atom. The van der Waals surface area contributed by atoms with Crippen LogP contribution in [0, 0.1) is 5.82 Å². The van der Waals surface area contributed by atoms with Crippen molar-refractivity contribution in [3.63, 3.8) is 0 Å². The Kier molecular flexibility index (Phi) is 2.44. The molecule has 1 saturated heterocycles. The summed E-state index contributed by atoms with van der Waals surface area (Å²) in [7, 11) is 0. The van der Waals surface area contributed by atoms with Gasteiger partial charge in [-0.2, -0.15) is 0 Å². The smallest absolute Gasteiger partial charge is 0.256 e. The highest BCUT2D eigenvalue weighted by molar-refractivity contribution is 6.32. The van der Waals surface area contributed by atoms with E-state index in [-0.39, 0.29) is 11.7 Å². The zero-order chi connectivity index (χ0) is 11.8. The van der Waals surface area contributed by atoms with E-state index in [9.17, 15) is 9.18 Å². The van der Waals surface area contributed by atoms with Crippen LogP contribution >= 0.6 is 0 Å². The molecule has 2 aliphatic rings. The van der Waals surface area contributed by atoms with Gasteiger partial charge < -0.3 is 10.6 Å². The molecule has 2 N–H and O–H groups in total. The molecule has 0 atom stereocenters. The highest BCUT2D eigenvalue weighted by atomic mass is 19.1. The monoisotopic (exact) mass is 232 g/mol. The Morgan fingerprint density at radius 2 is 1.94 bits per heavy atom. The van der Waals surface area contributed by atoms with Gasteiger partial charge >= 0.3 is 0 Å². The fraction of sp³-hybridized carbons (Fsp3) is 0.308. The molecule has 0 bridgehead atoms. The number of halogens is 1. The molecule has 17 heavy (non-hydrogen) atoms. The van der Waals surface area contributed by atoms with E-state index < -0.39 is 0 Å². The van der Waals surface area contributed by atoms with Crippen molar-refractivity contribution in [2.45, 2.75) is 12.8 Å². The van der Waals surface area contributed by atoms with Crippen molar-refractivity contribution in [2.75, 3.05) is 18.4 Å². The van der Waals surface area contributed by atoms with E-state index in [2.05, 4.69) is 10.6 Å². The van der Waals surface area contributed by atoms with Gasteiger partial charge in [0.15, 0.2) is 0 Å². The first-order chi connectivity index (χ1) is 8.27. The Hall–Kier alpha value is -1.68. The van der Waals surface area contributed by atoms with E-state index >= 15 is 0 Å². The third-order valence-corrected chi connectivity index (χ3v) is 3.31. The zero-order valence-electron chi connectivity index (χ0n) is 9.35. The number of hydrogen-bond acceptors (Lipinski definition) is 2. The third kappa shape index (κ3) is 1.65. The topological polar surface area (TPSA) is 41.1 Å². The summed E-state index contributed by atoms with van der Waals surface area (Å²) < 4.78 is 13.6. The van der Waals surface area contributed by atoms with E-state index in [0.29, 0.717) is 16.8 Å². The van der Waals surface area contributed by atoms with Gasteiger partial charge in [0.1, 0.15) is 5.82 Å². The average molecular weight is 232 g/mol. The number of benzene rings is 1. The van der Waals surface area contributed by atoms with Crippen molar-refractivity contribution < 1.29 is 9.18 Å². The van der Waals surface area contributed by atoms with Gasteiger partial charge in [0, 0.05) is 11.1 Å². The highest BCUT2D eigenvalue weighted by Crippen LogP contribution is 2.37. The van der Waals surface area contributed by atoms with E-state index in [4.69, 9.17) is 0 Å². The second-order valence-electron chi connectivity index (χ2n) is 4.35. The van der Waals surface area contributed by atoms with Crippen LogP contribution in [0.1, 0.15) is 18.4 Å². The number of carbonyl (C=O) groups excluding carboxylic acids is 1. The maximum atomic E-state index is 13.6. The molecular weight excluding hydrogens is 219 g/mol. The fourth-order valence-corrected chi connectivity index (χ4v) is 2.49. The lowest BCUT2D eigenvalue weighted by Gasteiger charge is -2.17. The second kappa shape index (κ2) is 3.96. The van der Waals surface area contributed by atoms with Crippen molar-refractivity contribution >= 4 is 17.2 Å². The quantitative estimate of drug-likeness (QED) is 0.671. The van der Waals surface area contributed by atoms with Crippen LogP contribution in [0.4, 0.5) is 10.1 Å². The molecule has 1 amide bonds. The fourth-order valence-electron chi connectivity index (χ4n) is 2.49. The summed E-state index contributed by atoms with van der Waals surface area (Å²) in [5, 5.41) is 5.87. The van der Waals surface area contributed by atoms with Crippen LogP contribution in [0.3, 0.4) is 0 Å². The molecular formula is C13H13FN2O. The first-order valence-corrected chi connectivity index (χ1v) is 5.80. The van der Waals surface area contributed by atoms with Crippen molar-refractivity contribution in [1.29, 1.82) is 0 Å². The molecule has 0 aromatic heterocycles. The molecule has 3 nitrogen and oxygen atoms in total. The second-order valence-corrected chi connectivity index (χ2v) is 4.35. The number of hydrogen-bond donors (Lipinski definition) is 2. The number of fused-ring (bicyclic) bond motifs is 1. The van der Waals surface area contributed by atoms with E-state index in [1.807, 2.05) is 0 Å². The molecule has 0 radical (unpaired) electrons. The molecule has 0 saturated carbocycles. The van der Waals surface area contributed by atoms with Gasteiger partial charge in [-0.1, -0.05) is 17.7 Å². The summed E-state index contributed by atoms with van der Waals surface area (Å²) in [6.07, 6.45) is 1.72. The number of rotatable bonds is 0. The molecule has 0 spiro atoms. The SMILES string of the molecule is O=C1Nc2c(F)cccc2C1=C1CCNCC1. The summed E-state index contributed by atoms with van der Waals surface area (Å²) in [6, 6.07) is 4.83. The summed E-state index contributed by atoms with van der Waals surface area (Å²) in [5.41, 5.74) is 2.86. The molecule has 0 unspecified atom stereocenters. The van der Waals surface area contributed by atoms with E-state index in [1.165, 1.54) is 6.07 Å². The normalized spacial score (nSPS) is 19.2. The number of carbonyl (C=O) groups is 1. The number of para-hydroxylation sites is 1. The molecule has 1 aromatic rings. The van der Waals surface area contributed by atoms with Gasteiger partial charge in [0.05, 0.1) is 5.69 Å². The molecule has 88 valence electrons. The summed E-state index contributed by atoms with van der Waals surface area (Å²) in [6.45, 7) is 1.77. The zero-order valence-corrected chi connectivity index (χ0v) is 9.35.